The van der Waals surface area contributed by atoms with Crippen molar-refractivity contribution >= 4 is 33.0 Å². The van der Waals surface area contributed by atoms with E-state index in [2.05, 4.69) is 56.4 Å². The van der Waals surface area contributed by atoms with E-state index in [1.165, 1.54) is 22.9 Å². The average molecular weight is 415 g/mol. The van der Waals surface area contributed by atoms with Crippen LogP contribution in [0.4, 0.5) is 5.69 Å². The Hall–Kier alpha value is -1.71. The third kappa shape index (κ3) is 3.87. The summed E-state index contributed by atoms with van der Waals surface area (Å²) in [4.78, 5) is 12.7. The van der Waals surface area contributed by atoms with Crippen LogP contribution in [-0.2, 0) is 4.79 Å². The van der Waals surface area contributed by atoms with Gasteiger partial charge in [0, 0.05) is 34.4 Å². The Kier molecular flexibility index (Phi) is 5.45. The average Bonchev–Trinajstić information content (AvgIpc) is 3.20. The molecular formula is C21H30N6OS. The minimum Gasteiger partial charge on any atom is -0.368 e. The summed E-state index contributed by atoms with van der Waals surface area (Å²) in [7, 11) is 0. The largest absolute Gasteiger partial charge is 0.368 e. The topological polar surface area (TPSA) is 103 Å². The Balaban J connectivity index is 1.38. The van der Waals surface area contributed by atoms with Crippen LogP contribution < -0.4 is 32.5 Å². The van der Waals surface area contributed by atoms with Gasteiger partial charge in [0.15, 0.2) is 0 Å². The molecule has 2 saturated heterocycles. The molecule has 7 nitrogen and oxygen atoms in total. The minimum atomic E-state index is -0.140. The van der Waals surface area contributed by atoms with E-state index in [1.54, 1.807) is 11.3 Å². The van der Waals surface area contributed by atoms with Crippen molar-refractivity contribution in [3.63, 3.8) is 0 Å². The molecule has 156 valence electrons. The second-order valence-electron chi connectivity index (χ2n) is 8.59. The van der Waals surface area contributed by atoms with Crippen LogP contribution in [0.15, 0.2) is 29.6 Å². The minimum absolute atomic E-state index is 0.0524. The van der Waals surface area contributed by atoms with Gasteiger partial charge in [-0.3, -0.25) is 20.9 Å². The van der Waals surface area contributed by atoms with Gasteiger partial charge in [-0.2, -0.15) is 0 Å². The number of anilines is 1. The highest BCUT2D eigenvalue weighted by Gasteiger charge is 2.44. The van der Waals surface area contributed by atoms with Gasteiger partial charge in [0.25, 0.3) is 0 Å². The van der Waals surface area contributed by atoms with Crippen LogP contribution >= 0.6 is 11.3 Å². The molecule has 3 fully saturated rings. The van der Waals surface area contributed by atoms with Crippen molar-refractivity contribution < 1.29 is 4.79 Å². The highest BCUT2D eigenvalue weighted by atomic mass is 32.1. The van der Waals surface area contributed by atoms with Crippen LogP contribution in [0.25, 0.3) is 10.1 Å². The van der Waals surface area contributed by atoms with Gasteiger partial charge in [-0.1, -0.05) is 18.9 Å². The molecule has 1 aromatic heterocycles. The first-order valence-corrected chi connectivity index (χ1v) is 11.6. The van der Waals surface area contributed by atoms with Gasteiger partial charge >= 0.3 is 0 Å². The zero-order valence-electron chi connectivity index (χ0n) is 16.5. The van der Waals surface area contributed by atoms with E-state index >= 15 is 0 Å². The molecular weight excluding hydrogens is 384 g/mol. The number of hydrazine groups is 1. The summed E-state index contributed by atoms with van der Waals surface area (Å²) in [5, 5.41) is 14.4. The van der Waals surface area contributed by atoms with Crippen molar-refractivity contribution in [1.82, 2.24) is 21.5 Å². The maximum absolute atomic E-state index is 12.7. The molecule has 0 bridgehead atoms. The van der Waals surface area contributed by atoms with Crippen molar-refractivity contribution in [3.05, 3.63) is 29.6 Å². The second kappa shape index (κ2) is 8.20. The molecule has 5 rings (SSSR count). The summed E-state index contributed by atoms with van der Waals surface area (Å²) in [5.41, 5.74) is 13.3. The maximum atomic E-state index is 12.7. The number of nitrogens with one attached hydrogen (secondary N) is 5. The predicted molar refractivity (Wildman–Crippen MR) is 117 cm³/mol. The molecule has 1 amide bonds. The maximum Gasteiger partial charge on any atom is 0.240 e. The van der Waals surface area contributed by atoms with Crippen molar-refractivity contribution in [1.29, 1.82) is 0 Å². The predicted octanol–water partition coefficient (Wildman–Crippen LogP) is 1.69. The van der Waals surface area contributed by atoms with Crippen LogP contribution in [-0.4, -0.2) is 36.9 Å². The molecule has 0 radical (unpaired) electrons. The van der Waals surface area contributed by atoms with E-state index in [-0.39, 0.29) is 36.1 Å². The zero-order chi connectivity index (χ0) is 19.8. The monoisotopic (exact) mass is 414 g/mol. The van der Waals surface area contributed by atoms with Crippen molar-refractivity contribution in [2.45, 2.75) is 56.5 Å². The van der Waals surface area contributed by atoms with Gasteiger partial charge < -0.3 is 11.1 Å². The quantitative estimate of drug-likeness (QED) is 0.455. The summed E-state index contributed by atoms with van der Waals surface area (Å²) in [6, 6.07) is 8.99. The van der Waals surface area contributed by atoms with Crippen LogP contribution in [0.5, 0.6) is 0 Å². The number of fused-ring (bicyclic) bond motifs is 2. The van der Waals surface area contributed by atoms with E-state index in [0.717, 1.165) is 31.5 Å². The molecule has 0 spiro atoms. The smallest absolute Gasteiger partial charge is 0.240 e. The van der Waals surface area contributed by atoms with Gasteiger partial charge in [-0.05, 0) is 48.8 Å². The van der Waals surface area contributed by atoms with Crippen molar-refractivity contribution in [3.8, 4) is 0 Å². The first kappa shape index (κ1) is 19.3. The molecule has 1 saturated carbocycles. The molecule has 29 heavy (non-hydrogen) atoms. The van der Waals surface area contributed by atoms with Gasteiger partial charge in [0.05, 0.1) is 18.2 Å². The number of amides is 1. The number of hydrogen-bond acceptors (Lipinski definition) is 7. The van der Waals surface area contributed by atoms with Crippen LogP contribution in [0.1, 0.15) is 32.1 Å². The van der Waals surface area contributed by atoms with Gasteiger partial charge in [0.2, 0.25) is 5.91 Å². The molecule has 7 N–H and O–H groups in total. The Bertz CT molecular complexity index is 872. The van der Waals surface area contributed by atoms with Crippen molar-refractivity contribution in [2.75, 3.05) is 11.9 Å². The summed E-state index contributed by atoms with van der Waals surface area (Å²) in [5.74, 6) is 0.196. The molecule has 1 aliphatic carbocycles. The zero-order valence-corrected chi connectivity index (χ0v) is 17.3. The normalized spacial score (nSPS) is 35.1. The van der Waals surface area contributed by atoms with Crippen LogP contribution in [0.3, 0.4) is 0 Å². The third-order valence-electron chi connectivity index (χ3n) is 6.71. The molecule has 3 heterocycles. The van der Waals surface area contributed by atoms with E-state index in [4.69, 9.17) is 5.73 Å². The Morgan fingerprint density at radius 1 is 1.17 bits per heavy atom. The second-order valence-corrected chi connectivity index (χ2v) is 9.54. The number of carbonyl (C=O) groups is 1. The lowest BCUT2D eigenvalue weighted by Gasteiger charge is -2.46. The molecule has 6 atom stereocenters. The highest BCUT2D eigenvalue weighted by Crippen LogP contribution is 2.33. The number of benzene rings is 1. The Morgan fingerprint density at radius 2 is 2.07 bits per heavy atom. The number of thiophene rings is 1. The van der Waals surface area contributed by atoms with Crippen LogP contribution in [0.2, 0.25) is 0 Å². The van der Waals surface area contributed by atoms with Gasteiger partial charge in [-0.15, -0.1) is 11.3 Å². The summed E-state index contributed by atoms with van der Waals surface area (Å²) >= 11 is 1.73. The molecule has 8 heteroatoms. The standard InChI is InChI=1S/C21H30N6OS/c22-14-4-1-2-5-16(14)24-18-10-12-11-23-27-21(28)19(12)20(26-18)25-15-6-3-7-17-13(15)8-9-29-17/h3,6-9,12,14,16,18-20,23-26H,1-2,4-5,10-11,22H2,(H,27,28)/t12?,14-,16+,18?,19?,20?/m0/s1. The number of nitrogens with two attached hydrogens (primary N) is 1. The summed E-state index contributed by atoms with van der Waals surface area (Å²) in [6.07, 6.45) is 5.57. The Labute approximate surface area is 175 Å². The fourth-order valence-corrected chi connectivity index (χ4v) is 6.01. The molecule has 1 aromatic carbocycles. The van der Waals surface area contributed by atoms with E-state index in [9.17, 15) is 4.79 Å². The van der Waals surface area contributed by atoms with Gasteiger partial charge in [-0.25, -0.2) is 5.43 Å². The first-order chi connectivity index (χ1) is 14.2. The van der Waals surface area contributed by atoms with Crippen LogP contribution in [0, 0.1) is 11.8 Å². The molecule has 3 aliphatic rings. The van der Waals surface area contributed by atoms with E-state index in [0.29, 0.717) is 6.04 Å². The van der Waals surface area contributed by atoms with Crippen molar-refractivity contribution in [2.24, 2.45) is 17.6 Å². The summed E-state index contributed by atoms with van der Waals surface area (Å²) in [6.45, 7) is 0.786. The lowest BCUT2D eigenvalue weighted by Crippen LogP contribution is -2.69. The lowest BCUT2D eigenvalue weighted by molar-refractivity contribution is -0.133. The number of rotatable bonds is 4. The van der Waals surface area contributed by atoms with E-state index in [1.807, 2.05) is 0 Å². The van der Waals surface area contributed by atoms with E-state index < -0.39 is 0 Å². The summed E-state index contributed by atoms with van der Waals surface area (Å²) < 4.78 is 1.25. The highest BCUT2D eigenvalue weighted by molar-refractivity contribution is 7.17. The lowest BCUT2D eigenvalue weighted by atomic mass is 9.80. The number of carbonyl (C=O) groups excluding carboxylic acids is 1. The SMILES string of the molecule is N[C@H]1CCCC[C@H]1NC1CC2CNNC(=O)C2C(Nc2cccc3sccc23)N1. The molecule has 2 aromatic rings. The fourth-order valence-electron chi connectivity index (χ4n) is 5.20. The number of hydrogen-bond donors (Lipinski definition) is 6. The third-order valence-corrected chi connectivity index (χ3v) is 7.59. The number of piperidine rings is 1. The molecule has 2 aliphatic heterocycles. The van der Waals surface area contributed by atoms with Gasteiger partial charge in [0.1, 0.15) is 0 Å². The Morgan fingerprint density at radius 3 is 2.97 bits per heavy atom. The fraction of sp³-hybridized carbons (Fsp3) is 0.571. The molecule has 4 unspecified atom stereocenters. The first-order valence-electron chi connectivity index (χ1n) is 10.7.